The Kier molecular flexibility index (Phi) is 9.39. The van der Waals surface area contributed by atoms with Crippen LogP contribution in [-0.2, 0) is 18.3 Å². The summed E-state index contributed by atoms with van der Waals surface area (Å²) in [5.41, 5.74) is 2.53. The van der Waals surface area contributed by atoms with Gasteiger partial charge in [-0.3, -0.25) is 9.58 Å². The average molecular weight is 311 g/mol. The molecule has 0 aromatic carbocycles. The largest absolute Gasteiger partial charge is 0.379 e. The van der Waals surface area contributed by atoms with Crippen molar-refractivity contribution in [2.45, 2.75) is 13.5 Å². The highest BCUT2D eigenvalue weighted by molar-refractivity contribution is 5.85. The molecule has 19 heavy (non-hydrogen) atoms. The Labute approximate surface area is 127 Å². The van der Waals surface area contributed by atoms with Crippen molar-refractivity contribution in [2.24, 2.45) is 7.05 Å². The third-order valence-corrected chi connectivity index (χ3v) is 3.27. The maximum atomic E-state index is 5.32. The normalized spacial score (nSPS) is 15.7. The standard InChI is InChI=1S/C12H22N4O.2ClH/c1-11-9-14-15(2)12(11)10-13-3-4-16-5-7-17-8-6-16;;/h9,13H,3-8,10H2,1-2H3;2*1H. The predicted molar refractivity (Wildman–Crippen MR) is 81.4 cm³/mol. The van der Waals surface area contributed by atoms with Crippen molar-refractivity contribution in [2.75, 3.05) is 39.4 Å². The Morgan fingerprint density at radius 1 is 1.32 bits per heavy atom. The van der Waals surface area contributed by atoms with Crippen LogP contribution >= 0.6 is 24.8 Å². The Morgan fingerprint density at radius 2 is 2.00 bits per heavy atom. The van der Waals surface area contributed by atoms with Gasteiger partial charge >= 0.3 is 0 Å². The van der Waals surface area contributed by atoms with Crippen LogP contribution in [-0.4, -0.2) is 54.1 Å². The molecule has 5 nitrogen and oxygen atoms in total. The van der Waals surface area contributed by atoms with Gasteiger partial charge in [0.15, 0.2) is 0 Å². The number of aryl methyl sites for hydroxylation is 2. The number of nitrogens with one attached hydrogen (secondary N) is 1. The van der Waals surface area contributed by atoms with E-state index < -0.39 is 0 Å². The summed E-state index contributed by atoms with van der Waals surface area (Å²) in [6, 6.07) is 0. The van der Waals surface area contributed by atoms with Crippen molar-refractivity contribution in [3.8, 4) is 0 Å². The second-order valence-electron chi connectivity index (χ2n) is 4.53. The summed E-state index contributed by atoms with van der Waals surface area (Å²) in [4.78, 5) is 2.44. The summed E-state index contributed by atoms with van der Waals surface area (Å²) in [7, 11) is 1.99. The van der Waals surface area contributed by atoms with Crippen LogP contribution in [0.15, 0.2) is 6.20 Å². The first-order valence-electron chi connectivity index (χ1n) is 6.25. The van der Waals surface area contributed by atoms with Gasteiger partial charge in [-0.2, -0.15) is 5.10 Å². The summed E-state index contributed by atoms with van der Waals surface area (Å²) < 4.78 is 7.26. The molecule has 112 valence electrons. The van der Waals surface area contributed by atoms with E-state index in [1.165, 1.54) is 11.3 Å². The first-order chi connectivity index (χ1) is 8.27. The van der Waals surface area contributed by atoms with E-state index in [1.807, 2.05) is 17.9 Å². The molecule has 0 amide bonds. The highest BCUT2D eigenvalue weighted by atomic mass is 35.5. The lowest BCUT2D eigenvalue weighted by Crippen LogP contribution is -2.40. The maximum absolute atomic E-state index is 5.32. The zero-order valence-corrected chi connectivity index (χ0v) is 13.2. The van der Waals surface area contributed by atoms with Gasteiger partial charge in [0.1, 0.15) is 0 Å². The van der Waals surface area contributed by atoms with Crippen molar-refractivity contribution >= 4 is 24.8 Å². The molecule has 0 saturated carbocycles. The molecule has 1 aliphatic heterocycles. The van der Waals surface area contributed by atoms with Gasteiger partial charge in [0.25, 0.3) is 0 Å². The predicted octanol–water partition coefficient (Wildman–Crippen LogP) is 0.994. The van der Waals surface area contributed by atoms with E-state index in [0.29, 0.717) is 0 Å². The van der Waals surface area contributed by atoms with E-state index in [9.17, 15) is 0 Å². The average Bonchev–Trinajstić information content (AvgIpc) is 2.67. The molecule has 2 heterocycles. The molecule has 1 fully saturated rings. The number of nitrogens with zero attached hydrogens (tertiary/aromatic N) is 3. The molecule has 1 aromatic rings. The molecule has 1 aliphatic rings. The van der Waals surface area contributed by atoms with Crippen molar-refractivity contribution in [1.29, 1.82) is 0 Å². The first kappa shape index (κ1) is 18.7. The van der Waals surface area contributed by atoms with Gasteiger partial charge in [0.2, 0.25) is 0 Å². The second-order valence-corrected chi connectivity index (χ2v) is 4.53. The fraction of sp³-hybridized carbons (Fsp3) is 0.750. The van der Waals surface area contributed by atoms with E-state index in [0.717, 1.165) is 45.9 Å². The Hall–Kier alpha value is -0.330. The van der Waals surface area contributed by atoms with Gasteiger partial charge < -0.3 is 10.1 Å². The summed E-state index contributed by atoms with van der Waals surface area (Å²) in [5.74, 6) is 0. The second kappa shape index (κ2) is 9.55. The van der Waals surface area contributed by atoms with Gasteiger partial charge in [-0.05, 0) is 12.5 Å². The zero-order chi connectivity index (χ0) is 12.1. The summed E-state index contributed by atoms with van der Waals surface area (Å²) in [6.07, 6.45) is 1.92. The quantitative estimate of drug-likeness (QED) is 0.824. The Bertz CT molecular complexity index is 334. The van der Waals surface area contributed by atoms with Crippen LogP contribution in [0.3, 0.4) is 0 Å². The van der Waals surface area contributed by atoms with E-state index in [2.05, 4.69) is 22.2 Å². The van der Waals surface area contributed by atoms with Gasteiger partial charge in [0.05, 0.1) is 25.1 Å². The van der Waals surface area contributed by atoms with Crippen LogP contribution in [0.2, 0.25) is 0 Å². The highest BCUT2D eigenvalue weighted by Gasteiger charge is 2.09. The molecule has 0 unspecified atom stereocenters. The lowest BCUT2D eigenvalue weighted by Gasteiger charge is -2.26. The third-order valence-electron chi connectivity index (χ3n) is 3.27. The van der Waals surface area contributed by atoms with Crippen molar-refractivity contribution in [3.05, 3.63) is 17.5 Å². The summed E-state index contributed by atoms with van der Waals surface area (Å²) >= 11 is 0. The highest BCUT2D eigenvalue weighted by Crippen LogP contribution is 2.04. The van der Waals surface area contributed by atoms with Gasteiger partial charge in [0, 0.05) is 39.8 Å². The smallest absolute Gasteiger partial charge is 0.0594 e. The molecular formula is C12H24Cl2N4O. The van der Waals surface area contributed by atoms with Crippen LogP contribution in [0, 0.1) is 6.92 Å². The number of hydrogen-bond donors (Lipinski definition) is 1. The number of halogens is 2. The van der Waals surface area contributed by atoms with Crippen molar-refractivity contribution in [1.82, 2.24) is 20.0 Å². The monoisotopic (exact) mass is 310 g/mol. The van der Waals surface area contributed by atoms with Crippen LogP contribution in [0.1, 0.15) is 11.3 Å². The van der Waals surface area contributed by atoms with Crippen LogP contribution in [0.25, 0.3) is 0 Å². The minimum atomic E-state index is 0. The minimum absolute atomic E-state index is 0. The molecule has 2 rings (SSSR count). The van der Waals surface area contributed by atoms with E-state index in [4.69, 9.17) is 4.74 Å². The van der Waals surface area contributed by atoms with Gasteiger partial charge in [-0.15, -0.1) is 24.8 Å². The molecule has 1 N–H and O–H groups in total. The van der Waals surface area contributed by atoms with Crippen LogP contribution in [0.4, 0.5) is 0 Å². The third kappa shape index (κ3) is 5.67. The number of hydrogen-bond acceptors (Lipinski definition) is 4. The topological polar surface area (TPSA) is 42.3 Å². The van der Waals surface area contributed by atoms with E-state index in [1.54, 1.807) is 0 Å². The van der Waals surface area contributed by atoms with Gasteiger partial charge in [-0.25, -0.2) is 0 Å². The molecule has 0 bridgehead atoms. The molecule has 0 aliphatic carbocycles. The molecule has 0 spiro atoms. The van der Waals surface area contributed by atoms with Crippen molar-refractivity contribution in [3.63, 3.8) is 0 Å². The molecule has 1 aromatic heterocycles. The number of morpholine rings is 1. The summed E-state index contributed by atoms with van der Waals surface area (Å²) in [6.45, 7) is 8.99. The fourth-order valence-electron chi connectivity index (χ4n) is 2.10. The van der Waals surface area contributed by atoms with Gasteiger partial charge in [-0.1, -0.05) is 0 Å². The molecule has 1 saturated heterocycles. The Morgan fingerprint density at radius 3 is 2.58 bits per heavy atom. The Balaban J connectivity index is 0.00000162. The molecule has 0 radical (unpaired) electrons. The lowest BCUT2D eigenvalue weighted by atomic mass is 10.3. The molecular weight excluding hydrogens is 287 g/mol. The van der Waals surface area contributed by atoms with Crippen molar-refractivity contribution < 1.29 is 4.74 Å². The molecule has 0 atom stereocenters. The van der Waals surface area contributed by atoms with Crippen LogP contribution < -0.4 is 5.32 Å². The van der Waals surface area contributed by atoms with E-state index >= 15 is 0 Å². The minimum Gasteiger partial charge on any atom is -0.379 e. The number of rotatable bonds is 5. The number of aromatic nitrogens is 2. The SMILES string of the molecule is Cc1cnn(C)c1CNCCN1CCOCC1.Cl.Cl. The zero-order valence-electron chi connectivity index (χ0n) is 11.6. The maximum Gasteiger partial charge on any atom is 0.0594 e. The van der Waals surface area contributed by atoms with E-state index in [-0.39, 0.29) is 24.8 Å². The first-order valence-corrected chi connectivity index (χ1v) is 6.25. The number of ether oxygens (including phenoxy) is 1. The fourth-order valence-corrected chi connectivity index (χ4v) is 2.10. The lowest BCUT2D eigenvalue weighted by molar-refractivity contribution is 0.0384. The summed E-state index contributed by atoms with van der Waals surface area (Å²) in [5, 5.41) is 7.71. The van der Waals surface area contributed by atoms with Crippen LogP contribution in [0.5, 0.6) is 0 Å². The molecule has 7 heteroatoms.